The van der Waals surface area contributed by atoms with E-state index in [0.29, 0.717) is 5.69 Å². The van der Waals surface area contributed by atoms with Crippen molar-refractivity contribution in [3.63, 3.8) is 0 Å². The van der Waals surface area contributed by atoms with Gasteiger partial charge in [0.2, 0.25) is 15.9 Å². The highest BCUT2D eigenvalue weighted by atomic mass is 32.2. The van der Waals surface area contributed by atoms with Gasteiger partial charge >= 0.3 is 0 Å². The van der Waals surface area contributed by atoms with Crippen molar-refractivity contribution < 1.29 is 17.9 Å². The van der Waals surface area contributed by atoms with Crippen molar-refractivity contribution in [2.45, 2.75) is 24.8 Å². The van der Waals surface area contributed by atoms with E-state index in [1.165, 1.54) is 20.1 Å². The van der Waals surface area contributed by atoms with E-state index in [9.17, 15) is 13.2 Å². The van der Waals surface area contributed by atoms with E-state index in [-0.39, 0.29) is 10.6 Å². The van der Waals surface area contributed by atoms with E-state index in [1.54, 1.807) is 25.1 Å². The molecule has 6 nitrogen and oxygen atoms in total. The number of anilines is 1. The van der Waals surface area contributed by atoms with Crippen molar-refractivity contribution in [1.82, 2.24) is 4.72 Å². The summed E-state index contributed by atoms with van der Waals surface area (Å²) in [6, 6.07) is 17.1. The maximum absolute atomic E-state index is 12.8. The minimum absolute atomic E-state index is 0.000175. The van der Waals surface area contributed by atoms with Gasteiger partial charge < -0.3 is 10.1 Å². The molecule has 3 aromatic rings. The number of amides is 1. The van der Waals surface area contributed by atoms with Gasteiger partial charge in [-0.3, -0.25) is 4.79 Å². The Balaban J connectivity index is 1.81. The Bertz CT molecular complexity index is 1120. The smallest absolute Gasteiger partial charge is 0.244 e. The van der Waals surface area contributed by atoms with Gasteiger partial charge in [0, 0.05) is 11.1 Å². The molecule has 146 valence electrons. The van der Waals surface area contributed by atoms with Crippen molar-refractivity contribution in [3.8, 4) is 5.75 Å². The van der Waals surface area contributed by atoms with Gasteiger partial charge in [-0.1, -0.05) is 42.5 Å². The van der Waals surface area contributed by atoms with Crippen LogP contribution < -0.4 is 14.8 Å². The fraction of sp³-hybridized carbons (Fsp3) is 0.190. The van der Waals surface area contributed by atoms with Crippen LogP contribution in [0.25, 0.3) is 10.8 Å². The van der Waals surface area contributed by atoms with Crippen molar-refractivity contribution in [3.05, 3.63) is 66.2 Å². The van der Waals surface area contributed by atoms with Crippen LogP contribution in [0.2, 0.25) is 0 Å². The second-order valence-corrected chi connectivity index (χ2v) is 8.20. The van der Waals surface area contributed by atoms with E-state index in [0.717, 1.165) is 16.3 Å². The van der Waals surface area contributed by atoms with Gasteiger partial charge in [0.15, 0.2) is 0 Å². The molecule has 3 rings (SSSR count). The van der Waals surface area contributed by atoms with Crippen LogP contribution in [-0.4, -0.2) is 27.5 Å². The summed E-state index contributed by atoms with van der Waals surface area (Å²) in [5, 5.41) is 4.67. The van der Waals surface area contributed by atoms with Gasteiger partial charge in [0.05, 0.1) is 13.2 Å². The zero-order valence-corrected chi connectivity index (χ0v) is 16.7. The molecule has 0 fully saturated rings. The van der Waals surface area contributed by atoms with Crippen molar-refractivity contribution in [2.75, 3.05) is 12.4 Å². The van der Waals surface area contributed by atoms with Crippen molar-refractivity contribution >= 4 is 32.4 Å². The maximum atomic E-state index is 12.8. The molecular weight excluding hydrogens is 376 g/mol. The molecule has 0 aromatic heterocycles. The zero-order chi connectivity index (χ0) is 20.3. The Morgan fingerprint density at radius 3 is 2.50 bits per heavy atom. The van der Waals surface area contributed by atoms with E-state index in [2.05, 4.69) is 10.0 Å². The fourth-order valence-electron chi connectivity index (χ4n) is 2.92. The molecule has 0 saturated heterocycles. The Hall–Kier alpha value is -2.90. The van der Waals surface area contributed by atoms with Crippen LogP contribution in [0.5, 0.6) is 5.75 Å². The van der Waals surface area contributed by atoms with Crippen molar-refractivity contribution in [2.24, 2.45) is 0 Å². The lowest BCUT2D eigenvalue weighted by Gasteiger charge is -2.17. The van der Waals surface area contributed by atoms with E-state index in [4.69, 9.17) is 4.74 Å². The Morgan fingerprint density at radius 1 is 1.04 bits per heavy atom. The number of carbonyl (C=O) groups is 1. The predicted octanol–water partition coefficient (Wildman–Crippen LogP) is 3.46. The largest absolute Gasteiger partial charge is 0.495 e. The monoisotopic (exact) mass is 398 g/mol. The normalized spacial score (nSPS) is 12.5. The van der Waals surface area contributed by atoms with E-state index < -0.39 is 22.0 Å². The van der Waals surface area contributed by atoms with E-state index in [1.807, 2.05) is 36.4 Å². The third-order valence-electron chi connectivity index (χ3n) is 4.38. The molecule has 0 spiro atoms. The minimum Gasteiger partial charge on any atom is -0.495 e. The SMILES string of the molecule is COc1ccc(C)cc1S(=O)(=O)N[C@H](C)C(=O)Nc1cccc2ccccc12. The number of rotatable bonds is 6. The molecule has 0 heterocycles. The predicted molar refractivity (Wildman–Crippen MR) is 110 cm³/mol. The van der Waals surface area contributed by atoms with Crippen LogP contribution in [-0.2, 0) is 14.8 Å². The van der Waals surface area contributed by atoms with Crippen LogP contribution in [0.15, 0.2) is 65.6 Å². The van der Waals surface area contributed by atoms with Gasteiger partial charge in [-0.2, -0.15) is 4.72 Å². The summed E-state index contributed by atoms with van der Waals surface area (Å²) in [7, 11) is -2.54. The van der Waals surface area contributed by atoms with Gasteiger partial charge in [-0.25, -0.2) is 8.42 Å². The van der Waals surface area contributed by atoms with Crippen LogP contribution in [0.3, 0.4) is 0 Å². The molecule has 0 aliphatic carbocycles. The van der Waals surface area contributed by atoms with Gasteiger partial charge in [0.25, 0.3) is 0 Å². The third kappa shape index (κ3) is 4.16. The quantitative estimate of drug-likeness (QED) is 0.666. The first-order valence-electron chi connectivity index (χ1n) is 8.77. The second-order valence-electron chi connectivity index (χ2n) is 6.51. The van der Waals surface area contributed by atoms with Crippen LogP contribution in [0, 0.1) is 6.92 Å². The molecular formula is C21H22N2O4S. The lowest BCUT2D eigenvalue weighted by atomic mass is 10.1. The number of benzene rings is 3. The number of aryl methyl sites for hydroxylation is 1. The number of fused-ring (bicyclic) bond motifs is 1. The van der Waals surface area contributed by atoms with Gasteiger partial charge in [-0.05, 0) is 43.0 Å². The molecule has 0 radical (unpaired) electrons. The summed E-state index contributed by atoms with van der Waals surface area (Å²) in [6.45, 7) is 3.29. The molecule has 2 N–H and O–H groups in total. The Labute approximate surface area is 164 Å². The molecule has 28 heavy (non-hydrogen) atoms. The number of methoxy groups -OCH3 is 1. The summed E-state index contributed by atoms with van der Waals surface area (Å²) in [4.78, 5) is 12.6. The summed E-state index contributed by atoms with van der Waals surface area (Å²) in [5.74, 6) is -0.230. The van der Waals surface area contributed by atoms with Gasteiger partial charge in [0.1, 0.15) is 10.6 Å². The first-order valence-corrected chi connectivity index (χ1v) is 10.3. The fourth-order valence-corrected chi connectivity index (χ4v) is 4.38. The molecule has 1 atom stereocenters. The first-order chi connectivity index (χ1) is 13.3. The Morgan fingerprint density at radius 2 is 1.75 bits per heavy atom. The molecule has 3 aromatic carbocycles. The van der Waals surface area contributed by atoms with Crippen molar-refractivity contribution in [1.29, 1.82) is 0 Å². The number of ether oxygens (including phenoxy) is 1. The number of hydrogen-bond acceptors (Lipinski definition) is 4. The first kappa shape index (κ1) is 19.9. The molecule has 1 amide bonds. The topological polar surface area (TPSA) is 84.5 Å². The second kappa shape index (κ2) is 8.00. The summed E-state index contributed by atoms with van der Waals surface area (Å²) < 4.78 is 33.1. The molecule has 0 aliphatic heterocycles. The zero-order valence-electron chi connectivity index (χ0n) is 15.9. The molecule has 7 heteroatoms. The highest BCUT2D eigenvalue weighted by Gasteiger charge is 2.25. The highest BCUT2D eigenvalue weighted by molar-refractivity contribution is 7.89. The molecule has 0 bridgehead atoms. The van der Waals surface area contributed by atoms with Crippen LogP contribution in [0.1, 0.15) is 12.5 Å². The highest BCUT2D eigenvalue weighted by Crippen LogP contribution is 2.25. The maximum Gasteiger partial charge on any atom is 0.244 e. The number of nitrogens with one attached hydrogen (secondary N) is 2. The number of carbonyl (C=O) groups excluding carboxylic acids is 1. The van der Waals surface area contributed by atoms with E-state index >= 15 is 0 Å². The van der Waals surface area contributed by atoms with Crippen LogP contribution in [0.4, 0.5) is 5.69 Å². The molecule has 0 saturated carbocycles. The molecule has 0 aliphatic rings. The average molecular weight is 398 g/mol. The lowest BCUT2D eigenvalue weighted by molar-refractivity contribution is -0.117. The van der Waals surface area contributed by atoms with Gasteiger partial charge in [-0.15, -0.1) is 0 Å². The minimum atomic E-state index is -3.94. The molecule has 0 unspecified atom stereocenters. The standard InChI is InChI=1S/C21H22N2O4S/c1-14-11-12-19(27-3)20(13-14)28(25,26)23-15(2)21(24)22-18-10-6-8-16-7-4-5-9-17(16)18/h4-13,15,23H,1-3H3,(H,22,24)/t15-/m1/s1. The average Bonchev–Trinajstić information content (AvgIpc) is 2.68. The third-order valence-corrected chi connectivity index (χ3v) is 5.94. The number of sulfonamides is 1. The lowest BCUT2D eigenvalue weighted by Crippen LogP contribution is -2.41. The summed E-state index contributed by atoms with van der Waals surface area (Å²) >= 11 is 0. The Kier molecular flexibility index (Phi) is 5.67. The summed E-state index contributed by atoms with van der Waals surface area (Å²) in [5.41, 5.74) is 1.40. The van der Waals surface area contributed by atoms with Crippen LogP contribution >= 0.6 is 0 Å². The summed E-state index contributed by atoms with van der Waals surface area (Å²) in [6.07, 6.45) is 0. The number of hydrogen-bond donors (Lipinski definition) is 2.